The highest BCUT2D eigenvalue weighted by Gasteiger charge is 2.17. The van der Waals surface area contributed by atoms with Crippen molar-refractivity contribution in [3.8, 4) is 11.5 Å². The van der Waals surface area contributed by atoms with Gasteiger partial charge in [0.1, 0.15) is 11.5 Å². The minimum Gasteiger partial charge on any atom is -0.495 e. The molecular weight excluding hydrogens is 252 g/mol. The summed E-state index contributed by atoms with van der Waals surface area (Å²) in [6, 6.07) is 10.0. The van der Waals surface area contributed by atoms with Crippen molar-refractivity contribution in [1.29, 1.82) is 0 Å². The van der Waals surface area contributed by atoms with Gasteiger partial charge in [0, 0.05) is 11.8 Å². The molecule has 1 N–H and O–H groups in total. The Morgan fingerprint density at radius 3 is 2.75 bits per heavy atom. The Balaban J connectivity index is 2.41. The van der Waals surface area contributed by atoms with Crippen molar-refractivity contribution in [1.82, 2.24) is 10.3 Å². The van der Waals surface area contributed by atoms with Gasteiger partial charge in [-0.25, -0.2) is 0 Å². The highest BCUT2D eigenvalue weighted by molar-refractivity contribution is 5.42. The lowest BCUT2D eigenvalue weighted by Gasteiger charge is -2.20. The first kappa shape index (κ1) is 14.3. The number of pyridine rings is 1. The van der Waals surface area contributed by atoms with Crippen LogP contribution in [-0.4, -0.2) is 25.7 Å². The molecule has 4 nitrogen and oxygen atoms in total. The molecule has 1 heterocycles. The van der Waals surface area contributed by atoms with Crippen LogP contribution in [0.1, 0.15) is 24.1 Å². The average Bonchev–Trinajstić information content (AvgIpc) is 2.50. The summed E-state index contributed by atoms with van der Waals surface area (Å²) in [4.78, 5) is 4.22. The Morgan fingerprint density at radius 1 is 1.25 bits per heavy atom. The number of nitrogens with zero attached hydrogens (tertiary/aromatic N) is 1. The Morgan fingerprint density at radius 2 is 2.05 bits per heavy atom. The molecule has 0 fully saturated rings. The standard InChI is InChI=1S/C16H20N2O2/c1-4-20-15-8-6-5-7-14(15)16(17-2)12-9-13(19-3)11-18-10-12/h5-11,16-17H,4H2,1-3H3. The molecule has 1 unspecified atom stereocenters. The van der Waals surface area contributed by atoms with Crippen LogP contribution in [0.25, 0.3) is 0 Å². The lowest BCUT2D eigenvalue weighted by Crippen LogP contribution is -2.19. The second-order valence-corrected chi connectivity index (χ2v) is 4.35. The summed E-state index contributed by atoms with van der Waals surface area (Å²) < 4.78 is 10.9. The molecule has 0 amide bonds. The van der Waals surface area contributed by atoms with Gasteiger partial charge in [-0.3, -0.25) is 4.98 Å². The number of benzene rings is 1. The summed E-state index contributed by atoms with van der Waals surface area (Å²) in [5.41, 5.74) is 2.13. The highest BCUT2D eigenvalue weighted by Crippen LogP contribution is 2.30. The lowest BCUT2D eigenvalue weighted by molar-refractivity contribution is 0.334. The monoisotopic (exact) mass is 272 g/mol. The first-order valence-corrected chi connectivity index (χ1v) is 6.68. The maximum absolute atomic E-state index is 5.71. The Bertz CT molecular complexity index is 558. The largest absolute Gasteiger partial charge is 0.495 e. The first-order chi connectivity index (χ1) is 9.80. The van der Waals surface area contributed by atoms with E-state index in [0.717, 1.165) is 22.6 Å². The van der Waals surface area contributed by atoms with E-state index in [1.54, 1.807) is 13.3 Å². The molecule has 0 radical (unpaired) electrons. The molecule has 0 spiro atoms. The van der Waals surface area contributed by atoms with Gasteiger partial charge in [0.2, 0.25) is 0 Å². The number of aromatic nitrogens is 1. The molecule has 4 heteroatoms. The summed E-state index contributed by atoms with van der Waals surface area (Å²) in [6.07, 6.45) is 3.54. The summed E-state index contributed by atoms with van der Waals surface area (Å²) in [6.45, 7) is 2.63. The minimum absolute atomic E-state index is 0.0142. The van der Waals surface area contributed by atoms with Crippen LogP contribution in [0.3, 0.4) is 0 Å². The van der Waals surface area contributed by atoms with Gasteiger partial charge in [0.15, 0.2) is 0 Å². The topological polar surface area (TPSA) is 43.4 Å². The van der Waals surface area contributed by atoms with Gasteiger partial charge in [-0.05, 0) is 31.7 Å². The van der Waals surface area contributed by atoms with Gasteiger partial charge in [-0.2, -0.15) is 0 Å². The fourth-order valence-corrected chi connectivity index (χ4v) is 2.21. The van der Waals surface area contributed by atoms with Crippen molar-refractivity contribution in [3.05, 3.63) is 53.9 Å². The molecule has 20 heavy (non-hydrogen) atoms. The van der Waals surface area contributed by atoms with Gasteiger partial charge in [-0.1, -0.05) is 18.2 Å². The SMILES string of the molecule is CCOc1ccccc1C(NC)c1cncc(OC)c1. The van der Waals surface area contributed by atoms with Crippen LogP contribution in [-0.2, 0) is 0 Å². The van der Waals surface area contributed by atoms with Crippen LogP contribution in [0, 0.1) is 0 Å². The van der Waals surface area contributed by atoms with Crippen LogP contribution in [0.4, 0.5) is 0 Å². The van der Waals surface area contributed by atoms with Gasteiger partial charge in [-0.15, -0.1) is 0 Å². The summed E-state index contributed by atoms with van der Waals surface area (Å²) >= 11 is 0. The van der Waals surface area contributed by atoms with Crippen LogP contribution in [0.5, 0.6) is 11.5 Å². The molecule has 106 valence electrons. The summed E-state index contributed by atoms with van der Waals surface area (Å²) in [5.74, 6) is 1.63. The molecule has 0 aliphatic heterocycles. The molecule has 0 bridgehead atoms. The van der Waals surface area contributed by atoms with Crippen molar-refractivity contribution < 1.29 is 9.47 Å². The van der Waals surface area contributed by atoms with E-state index in [1.165, 1.54) is 0 Å². The number of ether oxygens (including phenoxy) is 2. The highest BCUT2D eigenvalue weighted by atomic mass is 16.5. The Kier molecular flexibility index (Phi) is 4.96. The van der Waals surface area contributed by atoms with Crippen LogP contribution in [0.2, 0.25) is 0 Å². The molecule has 2 rings (SSSR count). The zero-order valence-corrected chi connectivity index (χ0v) is 12.1. The van der Waals surface area contributed by atoms with Crippen molar-refractivity contribution in [3.63, 3.8) is 0 Å². The van der Waals surface area contributed by atoms with Gasteiger partial charge in [0.25, 0.3) is 0 Å². The molecule has 0 saturated carbocycles. The number of nitrogens with one attached hydrogen (secondary N) is 1. The second-order valence-electron chi connectivity index (χ2n) is 4.35. The fourth-order valence-electron chi connectivity index (χ4n) is 2.21. The number of hydrogen-bond donors (Lipinski definition) is 1. The third-order valence-corrected chi connectivity index (χ3v) is 3.12. The van der Waals surface area contributed by atoms with E-state index in [4.69, 9.17) is 9.47 Å². The maximum atomic E-state index is 5.71. The number of rotatable bonds is 6. The fraction of sp³-hybridized carbons (Fsp3) is 0.312. The minimum atomic E-state index is 0.0142. The second kappa shape index (κ2) is 6.91. The van der Waals surface area contributed by atoms with E-state index >= 15 is 0 Å². The normalized spacial score (nSPS) is 11.9. The van der Waals surface area contributed by atoms with Crippen molar-refractivity contribution in [2.75, 3.05) is 20.8 Å². The smallest absolute Gasteiger partial charge is 0.137 e. The molecule has 1 aromatic heterocycles. The van der Waals surface area contributed by atoms with Crippen molar-refractivity contribution in [2.45, 2.75) is 13.0 Å². The third-order valence-electron chi connectivity index (χ3n) is 3.12. The Hall–Kier alpha value is -2.07. The van der Waals surface area contributed by atoms with Gasteiger partial charge < -0.3 is 14.8 Å². The van der Waals surface area contributed by atoms with E-state index in [1.807, 2.05) is 44.4 Å². The third kappa shape index (κ3) is 3.08. The molecular formula is C16H20N2O2. The maximum Gasteiger partial charge on any atom is 0.137 e. The van der Waals surface area contributed by atoms with Crippen LogP contribution < -0.4 is 14.8 Å². The number of hydrogen-bond acceptors (Lipinski definition) is 4. The molecule has 0 aliphatic carbocycles. The van der Waals surface area contributed by atoms with Gasteiger partial charge in [0.05, 0.1) is 26.0 Å². The summed E-state index contributed by atoms with van der Waals surface area (Å²) in [7, 11) is 3.57. The zero-order chi connectivity index (χ0) is 14.4. The molecule has 0 aliphatic rings. The van der Waals surface area contributed by atoms with E-state index in [0.29, 0.717) is 6.61 Å². The van der Waals surface area contributed by atoms with E-state index < -0.39 is 0 Å². The average molecular weight is 272 g/mol. The molecule has 1 atom stereocenters. The first-order valence-electron chi connectivity index (χ1n) is 6.68. The zero-order valence-electron chi connectivity index (χ0n) is 12.1. The van der Waals surface area contributed by atoms with Crippen molar-refractivity contribution >= 4 is 0 Å². The molecule has 1 aromatic carbocycles. The predicted octanol–water partition coefficient (Wildman–Crippen LogP) is 2.80. The molecule has 2 aromatic rings. The quantitative estimate of drug-likeness (QED) is 0.878. The number of methoxy groups -OCH3 is 1. The number of para-hydroxylation sites is 1. The van der Waals surface area contributed by atoms with E-state index in [-0.39, 0.29) is 6.04 Å². The molecule has 0 saturated heterocycles. The van der Waals surface area contributed by atoms with Crippen molar-refractivity contribution in [2.24, 2.45) is 0 Å². The van der Waals surface area contributed by atoms with E-state index in [2.05, 4.69) is 16.4 Å². The van der Waals surface area contributed by atoms with E-state index in [9.17, 15) is 0 Å². The summed E-state index contributed by atoms with van der Waals surface area (Å²) in [5, 5.41) is 3.31. The Labute approximate surface area is 119 Å². The van der Waals surface area contributed by atoms with Crippen LogP contribution >= 0.6 is 0 Å². The van der Waals surface area contributed by atoms with Gasteiger partial charge >= 0.3 is 0 Å². The predicted molar refractivity (Wildman–Crippen MR) is 79.3 cm³/mol. The van der Waals surface area contributed by atoms with Crippen LogP contribution in [0.15, 0.2) is 42.7 Å². The lowest BCUT2D eigenvalue weighted by atomic mass is 9.99.